The summed E-state index contributed by atoms with van der Waals surface area (Å²) >= 11 is 0. The largest absolute Gasteiger partial charge is 0.419 e. The number of aryl methyl sites for hydroxylation is 1. The zero-order chi connectivity index (χ0) is 16.2. The average molecular weight is 323 g/mol. The van der Waals surface area contributed by atoms with Crippen molar-refractivity contribution in [2.45, 2.75) is 31.0 Å². The molecule has 1 saturated heterocycles. The molecule has 4 rings (SSSR count). The van der Waals surface area contributed by atoms with E-state index in [-0.39, 0.29) is 5.41 Å². The van der Waals surface area contributed by atoms with Crippen LogP contribution >= 0.6 is 0 Å². The van der Waals surface area contributed by atoms with Crippen LogP contribution in [0.5, 0.6) is 0 Å². The van der Waals surface area contributed by atoms with Crippen LogP contribution in [0.4, 0.5) is 19.0 Å². The average Bonchev–Trinajstić information content (AvgIpc) is 3.18. The summed E-state index contributed by atoms with van der Waals surface area (Å²) in [6.45, 7) is 2.65. The summed E-state index contributed by atoms with van der Waals surface area (Å²) in [6, 6.07) is 2.92. The monoisotopic (exact) mass is 323 g/mol. The van der Waals surface area contributed by atoms with E-state index in [1.165, 1.54) is 6.20 Å². The fraction of sp³-hybridized carbons (Fsp3) is 0.467. The van der Waals surface area contributed by atoms with Gasteiger partial charge in [0.2, 0.25) is 0 Å². The zero-order valence-electron chi connectivity index (χ0n) is 12.3. The van der Waals surface area contributed by atoms with Gasteiger partial charge in [-0.1, -0.05) is 0 Å². The molecule has 23 heavy (non-hydrogen) atoms. The summed E-state index contributed by atoms with van der Waals surface area (Å²) in [4.78, 5) is 3.69. The second-order valence-corrected chi connectivity index (χ2v) is 6.25. The van der Waals surface area contributed by atoms with Crippen LogP contribution in [0.2, 0.25) is 0 Å². The summed E-state index contributed by atoms with van der Waals surface area (Å²) in [5.74, 6) is -0.510. The number of hydrogen-bond donors (Lipinski definition) is 2. The number of anilines is 1. The van der Waals surface area contributed by atoms with Crippen LogP contribution in [0.3, 0.4) is 0 Å². The molecule has 2 aromatic rings. The van der Waals surface area contributed by atoms with E-state index >= 15 is 0 Å². The van der Waals surface area contributed by atoms with E-state index in [1.807, 2.05) is 10.7 Å². The van der Waals surface area contributed by atoms with E-state index in [0.717, 1.165) is 44.2 Å². The van der Waals surface area contributed by atoms with E-state index in [4.69, 9.17) is 5.73 Å². The van der Waals surface area contributed by atoms with Crippen molar-refractivity contribution < 1.29 is 13.2 Å². The fourth-order valence-corrected chi connectivity index (χ4v) is 3.62. The Hall–Kier alpha value is -2.09. The van der Waals surface area contributed by atoms with E-state index in [9.17, 15) is 13.2 Å². The van der Waals surface area contributed by atoms with Gasteiger partial charge in [0.15, 0.2) is 0 Å². The van der Waals surface area contributed by atoms with Crippen LogP contribution in [0.25, 0.3) is 11.3 Å². The van der Waals surface area contributed by atoms with Gasteiger partial charge in [-0.3, -0.25) is 4.68 Å². The highest BCUT2D eigenvalue weighted by molar-refractivity contribution is 5.63. The number of nitrogens with zero attached hydrogens (tertiary/aromatic N) is 3. The Balaban J connectivity index is 1.76. The Bertz CT molecular complexity index is 759. The maximum absolute atomic E-state index is 13.0. The van der Waals surface area contributed by atoms with Gasteiger partial charge in [-0.05, 0) is 31.5 Å². The minimum atomic E-state index is -4.52. The number of halogens is 3. The van der Waals surface area contributed by atoms with Gasteiger partial charge in [0, 0.05) is 36.0 Å². The third-order valence-electron chi connectivity index (χ3n) is 4.89. The Morgan fingerprint density at radius 2 is 2.09 bits per heavy atom. The lowest BCUT2D eigenvalue weighted by atomic mass is 9.82. The van der Waals surface area contributed by atoms with Crippen molar-refractivity contribution in [3.63, 3.8) is 0 Å². The Kier molecular flexibility index (Phi) is 2.96. The minimum Gasteiger partial charge on any atom is -0.383 e. The highest BCUT2D eigenvalue weighted by Crippen LogP contribution is 2.42. The number of fused-ring (bicyclic) bond motifs is 2. The lowest BCUT2D eigenvalue weighted by Crippen LogP contribution is -2.25. The third-order valence-corrected chi connectivity index (χ3v) is 4.89. The van der Waals surface area contributed by atoms with Crippen molar-refractivity contribution in [2.75, 3.05) is 18.8 Å². The predicted molar refractivity (Wildman–Crippen MR) is 78.7 cm³/mol. The van der Waals surface area contributed by atoms with Crippen molar-refractivity contribution in [3.8, 4) is 11.3 Å². The molecule has 0 radical (unpaired) electrons. The normalized spacial score (nSPS) is 23.6. The number of pyridine rings is 1. The van der Waals surface area contributed by atoms with Crippen LogP contribution in [-0.4, -0.2) is 27.9 Å². The highest BCUT2D eigenvalue weighted by Gasteiger charge is 2.43. The summed E-state index contributed by atoms with van der Waals surface area (Å²) in [6.07, 6.45) is -1.11. The Labute approximate surface area is 130 Å². The molecule has 0 aromatic carbocycles. The summed E-state index contributed by atoms with van der Waals surface area (Å²) in [7, 11) is 0. The van der Waals surface area contributed by atoms with Gasteiger partial charge in [0.05, 0.1) is 11.3 Å². The molecule has 1 atom stereocenters. The first kappa shape index (κ1) is 14.5. The van der Waals surface area contributed by atoms with Crippen LogP contribution in [-0.2, 0) is 18.1 Å². The highest BCUT2D eigenvalue weighted by atomic mass is 19.4. The molecule has 1 fully saturated rings. The number of alkyl halides is 3. The maximum Gasteiger partial charge on any atom is 0.419 e. The molecular formula is C15H16F3N5. The van der Waals surface area contributed by atoms with Gasteiger partial charge in [-0.2, -0.15) is 18.3 Å². The van der Waals surface area contributed by atoms with Gasteiger partial charge in [-0.25, -0.2) is 4.98 Å². The summed E-state index contributed by atoms with van der Waals surface area (Å²) in [5.41, 5.74) is 6.47. The topological polar surface area (TPSA) is 68.8 Å². The molecule has 2 aromatic heterocycles. The number of nitrogen functional groups attached to an aromatic ring is 1. The van der Waals surface area contributed by atoms with Crippen LogP contribution in [0.15, 0.2) is 18.3 Å². The van der Waals surface area contributed by atoms with Crippen molar-refractivity contribution in [3.05, 3.63) is 29.6 Å². The van der Waals surface area contributed by atoms with Crippen LogP contribution in [0.1, 0.15) is 24.1 Å². The number of nitrogens with two attached hydrogens (primary N) is 1. The van der Waals surface area contributed by atoms with E-state index in [0.29, 0.717) is 11.3 Å². The van der Waals surface area contributed by atoms with Gasteiger partial charge >= 0.3 is 6.18 Å². The molecule has 0 amide bonds. The minimum absolute atomic E-state index is 0.0688. The van der Waals surface area contributed by atoms with Crippen LogP contribution in [0, 0.1) is 0 Å². The Morgan fingerprint density at radius 3 is 2.78 bits per heavy atom. The first-order chi connectivity index (χ1) is 10.9. The Morgan fingerprint density at radius 1 is 1.26 bits per heavy atom. The lowest BCUT2D eigenvalue weighted by molar-refractivity contribution is -0.137. The summed E-state index contributed by atoms with van der Waals surface area (Å²) < 4.78 is 40.9. The third kappa shape index (κ3) is 2.20. The van der Waals surface area contributed by atoms with E-state index in [2.05, 4.69) is 15.4 Å². The van der Waals surface area contributed by atoms with Crippen molar-refractivity contribution in [1.82, 2.24) is 20.1 Å². The SMILES string of the molecule is Nc1ncc(-c2cc3n(n2)CC[C@]32CCNC2)cc1C(F)(F)F. The predicted octanol–water partition coefficient (Wildman–Crippen LogP) is 2.18. The van der Waals surface area contributed by atoms with Gasteiger partial charge in [0.25, 0.3) is 0 Å². The van der Waals surface area contributed by atoms with E-state index in [1.54, 1.807) is 0 Å². The molecule has 0 bridgehead atoms. The van der Waals surface area contributed by atoms with Gasteiger partial charge in [-0.15, -0.1) is 0 Å². The lowest BCUT2D eigenvalue weighted by Gasteiger charge is -2.20. The number of nitrogens with one attached hydrogen (secondary N) is 1. The molecule has 2 aliphatic rings. The first-order valence-corrected chi connectivity index (χ1v) is 7.51. The van der Waals surface area contributed by atoms with Crippen molar-refractivity contribution in [2.24, 2.45) is 0 Å². The van der Waals surface area contributed by atoms with Crippen molar-refractivity contribution >= 4 is 5.82 Å². The van der Waals surface area contributed by atoms with Gasteiger partial charge < -0.3 is 11.1 Å². The molecular weight excluding hydrogens is 307 g/mol. The second-order valence-electron chi connectivity index (χ2n) is 6.25. The maximum atomic E-state index is 13.0. The molecule has 0 unspecified atom stereocenters. The summed E-state index contributed by atoms with van der Waals surface area (Å²) in [5, 5.41) is 7.84. The molecule has 3 N–H and O–H groups in total. The number of aromatic nitrogens is 3. The molecule has 1 spiro atoms. The number of rotatable bonds is 1. The second kappa shape index (κ2) is 4.70. The smallest absolute Gasteiger partial charge is 0.383 e. The standard InChI is InChI=1S/C15H16F3N5/c16-15(17,18)10-5-9(7-21-13(10)19)11-6-12-14(1-3-20-8-14)2-4-23(12)22-11/h5-7,20H,1-4,8H2,(H2,19,21)/t14-/m0/s1. The molecule has 0 saturated carbocycles. The molecule has 2 aliphatic heterocycles. The van der Waals surface area contributed by atoms with Crippen molar-refractivity contribution in [1.29, 1.82) is 0 Å². The zero-order valence-corrected chi connectivity index (χ0v) is 12.3. The fourth-order valence-electron chi connectivity index (χ4n) is 3.62. The van der Waals surface area contributed by atoms with E-state index < -0.39 is 17.6 Å². The molecule has 122 valence electrons. The molecule has 5 nitrogen and oxygen atoms in total. The quantitative estimate of drug-likeness (QED) is 0.844. The first-order valence-electron chi connectivity index (χ1n) is 7.51. The number of hydrogen-bond acceptors (Lipinski definition) is 4. The van der Waals surface area contributed by atoms with Gasteiger partial charge in [0.1, 0.15) is 5.82 Å². The molecule has 4 heterocycles. The van der Waals surface area contributed by atoms with Crippen LogP contribution < -0.4 is 11.1 Å². The molecule has 8 heteroatoms. The molecule has 0 aliphatic carbocycles.